The molecule has 8 heteroatoms. The van der Waals surface area contributed by atoms with Crippen LogP contribution >= 0.6 is 15.9 Å². The molecular formula is C30H35BrN4O3. The lowest BCUT2D eigenvalue weighted by atomic mass is 9.85. The summed E-state index contributed by atoms with van der Waals surface area (Å²) in [6, 6.07) is 17.6. The van der Waals surface area contributed by atoms with E-state index in [1.165, 1.54) is 4.90 Å². The lowest BCUT2D eigenvalue weighted by Gasteiger charge is -2.42. The molecule has 2 aliphatic heterocycles. The minimum Gasteiger partial charge on any atom is -0.349 e. The van der Waals surface area contributed by atoms with Gasteiger partial charge in [0.1, 0.15) is 5.54 Å². The third-order valence-corrected chi connectivity index (χ3v) is 8.60. The van der Waals surface area contributed by atoms with E-state index in [9.17, 15) is 14.4 Å². The van der Waals surface area contributed by atoms with Gasteiger partial charge in [-0.2, -0.15) is 0 Å². The molecule has 0 bridgehead atoms. The molecule has 4 amide bonds. The van der Waals surface area contributed by atoms with Crippen LogP contribution in [-0.4, -0.2) is 64.3 Å². The SMILES string of the molecule is C=CCN1C(=O)N(Cc2ccc(Br)cc2)C(=O)C12CCN(CC[C@H](NC(=O)C1CC1)c1ccccc1)CC2. The molecule has 1 aliphatic carbocycles. The summed E-state index contributed by atoms with van der Waals surface area (Å²) in [6.07, 6.45) is 5.64. The Balaban J connectivity index is 1.24. The Bertz CT molecular complexity index is 1170. The van der Waals surface area contributed by atoms with Crippen LogP contribution in [0.2, 0.25) is 0 Å². The Morgan fingerprint density at radius 2 is 1.76 bits per heavy atom. The second-order valence-electron chi connectivity index (χ2n) is 10.6. The van der Waals surface area contributed by atoms with Crippen LogP contribution in [0, 0.1) is 5.92 Å². The number of amides is 4. The Hall–Kier alpha value is -2.97. The van der Waals surface area contributed by atoms with Crippen LogP contribution in [-0.2, 0) is 16.1 Å². The van der Waals surface area contributed by atoms with E-state index in [0.29, 0.717) is 19.4 Å². The van der Waals surface area contributed by atoms with Crippen molar-refractivity contribution in [3.05, 3.63) is 82.9 Å². The molecule has 200 valence electrons. The molecule has 38 heavy (non-hydrogen) atoms. The molecule has 1 N–H and O–H groups in total. The van der Waals surface area contributed by atoms with Crippen molar-refractivity contribution in [2.24, 2.45) is 5.92 Å². The lowest BCUT2D eigenvalue weighted by Crippen LogP contribution is -2.56. The van der Waals surface area contributed by atoms with Gasteiger partial charge >= 0.3 is 6.03 Å². The van der Waals surface area contributed by atoms with E-state index in [-0.39, 0.29) is 36.3 Å². The third kappa shape index (κ3) is 5.57. The number of hydrogen-bond donors (Lipinski definition) is 1. The highest BCUT2D eigenvalue weighted by atomic mass is 79.9. The number of likely N-dealkylation sites (tertiary alicyclic amines) is 1. The fourth-order valence-corrected chi connectivity index (χ4v) is 5.93. The number of imide groups is 1. The number of piperidine rings is 1. The van der Waals surface area contributed by atoms with Gasteiger partial charge in [-0.15, -0.1) is 6.58 Å². The number of carbonyl (C=O) groups excluding carboxylic acids is 3. The van der Waals surface area contributed by atoms with Crippen LogP contribution in [0.4, 0.5) is 4.79 Å². The summed E-state index contributed by atoms with van der Waals surface area (Å²) < 4.78 is 0.957. The molecule has 2 heterocycles. The second kappa shape index (κ2) is 11.4. The average molecular weight is 580 g/mol. The van der Waals surface area contributed by atoms with E-state index < -0.39 is 5.54 Å². The van der Waals surface area contributed by atoms with Gasteiger partial charge < -0.3 is 15.1 Å². The zero-order valence-corrected chi connectivity index (χ0v) is 23.2. The van der Waals surface area contributed by atoms with Gasteiger partial charge in [-0.1, -0.05) is 64.5 Å². The van der Waals surface area contributed by atoms with Crippen molar-refractivity contribution in [2.45, 2.75) is 50.2 Å². The maximum Gasteiger partial charge on any atom is 0.328 e. The first kappa shape index (κ1) is 26.6. The molecule has 3 aliphatic rings. The van der Waals surface area contributed by atoms with Gasteiger partial charge in [0.15, 0.2) is 0 Å². The quantitative estimate of drug-likeness (QED) is 0.322. The number of rotatable bonds is 10. The highest BCUT2D eigenvalue weighted by Crippen LogP contribution is 2.38. The minimum atomic E-state index is -0.823. The smallest absolute Gasteiger partial charge is 0.328 e. The van der Waals surface area contributed by atoms with Gasteiger partial charge in [-0.05, 0) is 55.4 Å². The molecular weight excluding hydrogens is 544 g/mol. The molecule has 3 fully saturated rings. The molecule has 1 saturated carbocycles. The lowest BCUT2D eigenvalue weighted by molar-refractivity contribution is -0.136. The number of urea groups is 1. The molecule has 2 aromatic carbocycles. The Labute approximate surface area is 233 Å². The van der Waals surface area contributed by atoms with Crippen molar-refractivity contribution in [3.63, 3.8) is 0 Å². The standard InChI is InChI=1S/C30H35BrN4O3/c1-2-17-35-29(38)34(21-22-8-12-25(31)13-9-22)28(37)30(35)15-19-33(20-16-30)18-14-26(23-6-4-3-5-7-23)32-27(36)24-10-11-24/h2-9,12-13,24,26H,1,10-11,14-21H2,(H,32,36)/t26-/m0/s1. The molecule has 0 unspecified atom stereocenters. The van der Waals surface area contributed by atoms with Crippen LogP contribution in [0.5, 0.6) is 0 Å². The first-order valence-electron chi connectivity index (χ1n) is 13.5. The second-order valence-corrected chi connectivity index (χ2v) is 11.5. The van der Waals surface area contributed by atoms with Crippen molar-refractivity contribution in [2.75, 3.05) is 26.2 Å². The number of benzene rings is 2. The molecule has 1 atom stereocenters. The third-order valence-electron chi connectivity index (χ3n) is 8.07. The summed E-state index contributed by atoms with van der Waals surface area (Å²) >= 11 is 3.44. The zero-order chi connectivity index (χ0) is 26.7. The van der Waals surface area contributed by atoms with Gasteiger partial charge in [-0.25, -0.2) is 4.79 Å². The van der Waals surface area contributed by atoms with E-state index >= 15 is 0 Å². The van der Waals surface area contributed by atoms with Gasteiger partial charge in [-0.3, -0.25) is 14.5 Å². The van der Waals surface area contributed by atoms with Crippen molar-refractivity contribution in [1.29, 1.82) is 0 Å². The number of carbonyl (C=O) groups is 3. The Morgan fingerprint density at radius 1 is 1.08 bits per heavy atom. The minimum absolute atomic E-state index is 0.0338. The molecule has 2 saturated heterocycles. The summed E-state index contributed by atoms with van der Waals surface area (Å²) in [5.41, 5.74) is 1.21. The van der Waals surface area contributed by atoms with Crippen LogP contribution < -0.4 is 5.32 Å². The first-order chi connectivity index (χ1) is 18.4. The fraction of sp³-hybridized carbons (Fsp3) is 0.433. The van der Waals surface area contributed by atoms with Crippen molar-refractivity contribution in [1.82, 2.24) is 20.0 Å². The Kier molecular flexibility index (Phi) is 8.00. The maximum absolute atomic E-state index is 13.8. The van der Waals surface area contributed by atoms with Crippen molar-refractivity contribution >= 4 is 33.8 Å². The molecule has 5 rings (SSSR count). The molecule has 0 aromatic heterocycles. The largest absolute Gasteiger partial charge is 0.349 e. The highest BCUT2D eigenvalue weighted by Gasteiger charge is 2.57. The normalized spacial score (nSPS) is 20.1. The van der Waals surface area contributed by atoms with Gasteiger partial charge in [0.25, 0.3) is 5.91 Å². The first-order valence-corrected chi connectivity index (χ1v) is 14.3. The number of nitrogens with zero attached hydrogens (tertiary/aromatic N) is 3. The summed E-state index contributed by atoms with van der Waals surface area (Å²) in [5.74, 6) is 0.210. The fourth-order valence-electron chi connectivity index (χ4n) is 5.66. The van der Waals surface area contributed by atoms with Crippen LogP contribution in [0.15, 0.2) is 71.7 Å². The van der Waals surface area contributed by atoms with Crippen LogP contribution in [0.25, 0.3) is 0 Å². The van der Waals surface area contributed by atoms with E-state index in [4.69, 9.17) is 0 Å². The highest BCUT2D eigenvalue weighted by molar-refractivity contribution is 9.10. The van der Waals surface area contributed by atoms with Gasteiger partial charge in [0.05, 0.1) is 12.6 Å². The summed E-state index contributed by atoms with van der Waals surface area (Å²) in [6.45, 7) is 6.71. The predicted molar refractivity (Wildman–Crippen MR) is 150 cm³/mol. The van der Waals surface area contributed by atoms with Gasteiger partial charge in [0, 0.05) is 36.6 Å². The van der Waals surface area contributed by atoms with E-state index in [0.717, 1.165) is 54.5 Å². The average Bonchev–Trinajstić information content (AvgIpc) is 3.77. The molecule has 7 nitrogen and oxygen atoms in total. The zero-order valence-electron chi connectivity index (χ0n) is 21.7. The van der Waals surface area contributed by atoms with Crippen LogP contribution in [0.3, 0.4) is 0 Å². The summed E-state index contributed by atoms with van der Waals surface area (Å²) in [7, 11) is 0. The topological polar surface area (TPSA) is 73.0 Å². The molecule has 1 spiro atoms. The Morgan fingerprint density at radius 3 is 2.39 bits per heavy atom. The van der Waals surface area contributed by atoms with Gasteiger partial charge in [0.2, 0.25) is 5.91 Å². The van der Waals surface area contributed by atoms with Crippen molar-refractivity contribution < 1.29 is 14.4 Å². The summed E-state index contributed by atoms with van der Waals surface area (Å²) in [4.78, 5) is 45.2. The number of nitrogens with one attached hydrogen (secondary N) is 1. The monoisotopic (exact) mass is 578 g/mol. The van der Waals surface area contributed by atoms with E-state index in [1.54, 1.807) is 11.0 Å². The maximum atomic E-state index is 13.8. The molecule has 2 aromatic rings. The number of hydrogen-bond acceptors (Lipinski definition) is 4. The summed E-state index contributed by atoms with van der Waals surface area (Å²) in [5, 5.41) is 3.26. The van der Waals surface area contributed by atoms with E-state index in [1.807, 2.05) is 42.5 Å². The molecule has 0 radical (unpaired) electrons. The van der Waals surface area contributed by atoms with E-state index in [2.05, 4.69) is 44.9 Å². The number of halogens is 1. The van der Waals surface area contributed by atoms with Crippen LogP contribution in [0.1, 0.15) is 49.3 Å². The van der Waals surface area contributed by atoms with Crippen molar-refractivity contribution in [3.8, 4) is 0 Å². The predicted octanol–water partition coefficient (Wildman–Crippen LogP) is 4.89.